The number of nitrogens with zero attached hydrogens (tertiary/aromatic N) is 2. The molecule has 0 bridgehead atoms. The van der Waals surface area contributed by atoms with Crippen LogP contribution in [0.4, 0.5) is 17.1 Å². The molecular weight excluding hydrogens is 504 g/mol. The summed E-state index contributed by atoms with van der Waals surface area (Å²) in [7, 11) is -4.20. The molecular formula is C25H21ClN4O5S. The van der Waals surface area contributed by atoms with Crippen LogP contribution in [0.15, 0.2) is 87.2 Å². The van der Waals surface area contributed by atoms with Gasteiger partial charge in [-0.2, -0.15) is 5.10 Å². The number of benzene rings is 3. The molecule has 4 rings (SSSR count). The molecule has 0 aliphatic rings. The molecule has 0 spiro atoms. The molecule has 0 atom stereocenters. The van der Waals surface area contributed by atoms with Crippen molar-refractivity contribution in [2.45, 2.75) is 18.7 Å². The van der Waals surface area contributed by atoms with Gasteiger partial charge in [-0.3, -0.25) is 20.3 Å². The van der Waals surface area contributed by atoms with Crippen molar-refractivity contribution in [1.82, 2.24) is 0 Å². The lowest BCUT2D eigenvalue weighted by molar-refractivity contribution is -0.385. The molecule has 0 saturated heterocycles. The number of rotatable bonds is 8. The lowest BCUT2D eigenvalue weighted by atomic mass is 10.1. The van der Waals surface area contributed by atoms with Gasteiger partial charge in [0.1, 0.15) is 16.4 Å². The van der Waals surface area contributed by atoms with Crippen LogP contribution in [0, 0.1) is 24.0 Å². The van der Waals surface area contributed by atoms with Crippen LogP contribution < -0.4 is 10.1 Å². The van der Waals surface area contributed by atoms with Crippen LogP contribution in [0.3, 0.4) is 0 Å². The zero-order valence-electron chi connectivity index (χ0n) is 19.2. The van der Waals surface area contributed by atoms with Crippen LogP contribution in [-0.4, -0.2) is 19.6 Å². The molecule has 0 amide bonds. The van der Waals surface area contributed by atoms with Crippen LogP contribution >= 0.6 is 11.6 Å². The number of hydrogen-bond acceptors (Lipinski definition) is 7. The summed E-state index contributed by atoms with van der Waals surface area (Å²) in [6.07, 6.45) is 1.36. The maximum atomic E-state index is 13.2. The second-order valence-electron chi connectivity index (χ2n) is 7.91. The van der Waals surface area contributed by atoms with Crippen molar-refractivity contribution in [2.24, 2.45) is 5.10 Å². The molecule has 3 aromatic carbocycles. The second-order valence-corrected chi connectivity index (χ2v) is 9.97. The fourth-order valence-corrected chi connectivity index (χ4v) is 5.00. The first-order valence-electron chi connectivity index (χ1n) is 10.7. The van der Waals surface area contributed by atoms with Crippen LogP contribution in [0.1, 0.15) is 16.9 Å². The summed E-state index contributed by atoms with van der Waals surface area (Å²) in [6.45, 7) is 3.66. The number of aryl methyl sites for hydroxylation is 2. The third-order valence-corrected chi connectivity index (χ3v) is 6.97. The monoisotopic (exact) mass is 524 g/mol. The number of non-ortho nitro benzene ring substituents is 1. The van der Waals surface area contributed by atoms with Gasteiger partial charge in [-0.1, -0.05) is 41.4 Å². The maximum absolute atomic E-state index is 13.2. The Morgan fingerprint density at radius 2 is 1.75 bits per heavy atom. The molecule has 9 nitrogen and oxygen atoms in total. The molecule has 1 aromatic heterocycles. The third kappa shape index (κ3) is 5.56. The summed E-state index contributed by atoms with van der Waals surface area (Å²) in [6, 6.07) is 19.3. The summed E-state index contributed by atoms with van der Waals surface area (Å²) in [5, 5.41) is 15.9. The molecule has 0 fully saturated rings. The highest BCUT2D eigenvalue weighted by molar-refractivity contribution is 7.92. The van der Waals surface area contributed by atoms with E-state index in [0.717, 1.165) is 11.6 Å². The van der Waals surface area contributed by atoms with Gasteiger partial charge in [0.25, 0.3) is 15.7 Å². The van der Waals surface area contributed by atoms with Crippen molar-refractivity contribution in [3.8, 4) is 11.3 Å². The highest BCUT2D eigenvalue weighted by Gasteiger charge is 2.23. The fraction of sp³-hybridized carbons (Fsp3) is 0.0800. The number of halogens is 1. The average molecular weight is 525 g/mol. The average Bonchev–Trinajstić information content (AvgIpc) is 3.30. The van der Waals surface area contributed by atoms with E-state index in [2.05, 4.69) is 15.2 Å². The van der Waals surface area contributed by atoms with E-state index in [1.54, 1.807) is 37.3 Å². The van der Waals surface area contributed by atoms with E-state index < -0.39 is 14.9 Å². The van der Waals surface area contributed by atoms with Crippen molar-refractivity contribution in [1.29, 1.82) is 0 Å². The first-order valence-corrected chi connectivity index (χ1v) is 12.5. The van der Waals surface area contributed by atoms with Gasteiger partial charge in [0.05, 0.1) is 27.5 Å². The first kappa shape index (κ1) is 25.0. The Bertz CT molecular complexity index is 1580. The minimum Gasteiger partial charge on any atom is -0.455 e. The molecule has 184 valence electrons. The number of furan rings is 1. The molecule has 11 heteroatoms. The summed E-state index contributed by atoms with van der Waals surface area (Å²) >= 11 is 6.21. The Morgan fingerprint density at radius 1 is 1.00 bits per heavy atom. The Kier molecular flexibility index (Phi) is 7.09. The van der Waals surface area contributed by atoms with Gasteiger partial charge in [0.2, 0.25) is 0 Å². The van der Waals surface area contributed by atoms with Gasteiger partial charge in [0.15, 0.2) is 0 Å². The van der Waals surface area contributed by atoms with Crippen molar-refractivity contribution >= 4 is 44.9 Å². The Balaban J connectivity index is 1.61. The van der Waals surface area contributed by atoms with E-state index in [4.69, 9.17) is 16.0 Å². The van der Waals surface area contributed by atoms with Crippen LogP contribution in [0.5, 0.6) is 0 Å². The summed E-state index contributed by atoms with van der Waals surface area (Å²) in [5.74, 6) is 0.926. The second kappa shape index (κ2) is 10.2. The fourth-order valence-electron chi connectivity index (χ4n) is 3.46. The number of sulfonamides is 1. The molecule has 4 aromatic rings. The SMILES string of the molecule is Cc1ccc(NS(=O)(=O)c2cc([N+](=O)[O-])ccc2N/N=C\c2ccc(-c3ccccc3Cl)o2)c(C)c1. The van der Waals surface area contributed by atoms with Crippen molar-refractivity contribution in [3.05, 3.63) is 105 Å². The lowest BCUT2D eigenvalue weighted by Crippen LogP contribution is -2.15. The number of anilines is 2. The van der Waals surface area contributed by atoms with Crippen molar-refractivity contribution < 1.29 is 17.8 Å². The van der Waals surface area contributed by atoms with Crippen LogP contribution in [0.25, 0.3) is 11.3 Å². The van der Waals surface area contributed by atoms with Crippen molar-refractivity contribution in [2.75, 3.05) is 10.1 Å². The normalized spacial score (nSPS) is 11.5. The quantitative estimate of drug-likeness (QED) is 0.156. The molecule has 0 aliphatic heterocycles. The zero-order chi connectivity index (χ0) is 25.9. The van der Waals surface area contributed by atoms with Crippen LogP contribution in [0.2, 0.25) is 5.02 Å². The van der Waals surface area contributed by atoms with E-state index in [9.17, 15) is 18.5 Å². The molecule has 0 unspecified atom stereocenters. The van der Waals surface area contributed by atoms with Gasteiger partial charge < -0.3 is 4.42 Å². The molecule has 36 heavy (non-hydrogen) atoms. The maximum Gasteiger partial charge on any atom is 0.270 e. The Labute approximate surface area is 212 Å². The first-order chi connectivity index (χ1) is 17.1. The highest BCUT2D eigenvalue weighted by Crippen LogP contribution is 2.30. The minimum atomic E-state index is -4.20. The predicted octanol–water partition coefficient (Wildman–Crippen LogP) is 6.37. The highest BCUT2D eigenvalue weighted by atomic mass is 35.5. The van der Waals surface area contributed by atoms with Gasteiger partial charge in [0, 0.05) is 17.7 Å². The zero-order valence-corrected chi connectivity index (χ0v) is 20.8. The Morgan fingerprint density at radius 3 is 2.47 bits per heavy atom. The number of nitro benzene ring substituents is 1. The van der Waals surface area contributed by atoms with Crippen LogP contribution in [-0.2, 0) is 10.0 Å². The van der Waals surface area contributed by atoms with Gasteiger partial charge >= 0.3 is 0 Å². The standard InChI is InChI=1S/C25H21ClN4O5S/c1-16-7-10-22(17(2)13-16)29-36(33,34)25-14-18(30(31)32)8-11-23(25)28-27-15-19-9-12-24(35-19)20-5-3-4-6-21(20)26/h3-15,28-29H,1-2H3/b27-15-. The predicted molar refractivity (Wildman–Crippen MR) is 140 cm³/mol. The lowest BCUT2D eigenvalue weighted by Gasteiger charge is -2.14. The van der Waals surface area contributed by atoms with Gasteiger partial charge in [-0.25, -0.2) is 8.42 Å². The summed E-state index contributed by atoms with van der Waals surface area (Å²) in [5.41, 5.74) is 5.08. The Hall–Kier alpha value is -4.15. The summed E-state index contributed by atoms with van der Waals surface area (Å²) in [4.78, 5) is 10.3. The third-order valence-electron chi connectivity index (χ3n) is 5.23. The van der Waals surface area contributed by atoms with Gasteiger partial charge in [-0.15, -0.1) is 0 Å². The number of nitro groups is 1. The van der Waals surface area contributed by atoms with E-state index in [1.165, 1.54) is 18.3 Å². The van der Waals surface area contributed by atoms with Crippen molar-refractivity contribution in [3.63, 3.8) is 0 Å². The minimum absolute atomic E-state index is 0.0481. The molecule has 2 N–H and O–H groups in total. The molecule has 0 saturated carbocycles. The molecule has 1 heterocycles. The van der Waals surface area contributed by atoms with E-state index in [0.29, 0.717) is 33.4 Å². The van der Waals surface area contributed by atoms with E-state index in [1.807, 2.05) is 31.2 Å². The van der Waals surface area contributed by atoms with E-state index >= 15 is 0 Å². The molecule has 0 radical (unpaired) electrons. The largest absolute Gasteiger partial charge is 0.455 e. The number of nitrogens with one attached hydrogen (secondary N) is 2. The topological polar surface area (TPSA) is 127 Å². The molecule has 0 aliphatic carbocycles. The van der Waals surface area contributed by atoms with E-state index in [-0.39, 0.29) is 16.3 Å². The smallest absolute Gasteiger partial charge is 0.270 e. The number of hydrazone groups is 1. The summed E-state index contributed by atoms with van der Waals surface area (Å²) < 4.78 is 34.6. The number of hydrogen-bond donors (Lipinski definition) is 2. The van der Waals surface area contributed by atoms with Gasteiger partial charge in [-0.05, 0) is 55.8 Å².